The largest absolute Gasteiger partial charge is 0.444 e. The number of ether oxygens (including phenoxy) is 1. The van der Waals surface area contributed by atoms with Crippen LogP contribution in [0.4, 0.5) is 10.6 Å². The summed E-state index contributed by atoms with van der Waals surface area (Å²) >= 11 is 5.98. The Labute approximate surface area is 197 Å². The number of benzene rings is 1. The molecule has 0 aliphatic carbocycles. The molecule has 10 heteroatoms. The lowest BCUT2D eigenvalue weighted by atomic mass is 10.1. The maximum Gasteiger partial charge on any atom is 0.413 e. The van der Waals surface area contributed by atoms with Crippen LogP contribution in [-0.2, 0) is 4.74 Å². The fourth-order valence-electron chi connectivity index (χ4n) is 2.87. The second-order valence-corrected chi connectivity index (χ2v) is 8.74. The quantitative estimate of drug-likeness (QED) is 0.519. The van der Waals surface area contributed by atoms with Crippen LogP contribution in [0.2, 0.25) is 5.15 Å². The van der Waals surface area contributed by atoms with Crippen LogP contribution in [0.15, 0.2) is 42.7 Å². The second kappa shape index (κ2) is 9.91. The highest BCUT2D eigenvalue weighted by atomic mass is 35.5. The minimum absolute atomic E-state index is 0.246. The average Bonchev–Trinajstić information content (AvgIpc) is 2.72. The van der Waals surface area contributed by atoms with Crippen LogP contribution in [0.3, 0.4) is 0 Å². The Morgan fingerprint density at radius 3 is 2.33 bits per heavy atom. The van der Waals surface area contributed by atoms with Crippen molar-refractivity contribution < 1.29 is 14.3 Å². The van der Waals surface area contributed by atoms with E-state index in [1.165, 1.54) is 12.4 Å². The number of aryl methyl sites for hydroxylation is 1. The molecule has 0 saturated heterocycles. The molecule has 0 saturated carbocycles. The molecule has 3 aromatic rings. The van der Waals surface area contributed by atoms with Crippen LogP contribution in [0, 0.1) is 6.92 Å². The van der Waals surface area contributed by atoms with Crippen molar-refractivity contribution in [3.8, 4) is 11.3 Å². The molecular weight excluding hydrogens is 444 g/mol. The van der Waals surface area contributed by atoms with Gasteiger partial charge in [-0.3, -0.25) is 15.1 Å². The second-order valence-electron chi connectivity index (χ2n) is 8.35. The van der Waals surface area contributed by atoms with E-state index in [0.717, 1.165) is 5.56 Å². The van der Waals surface area contributed by atoms with Crippen LogP contribution in [-0.4, -0.2) is 37.5 Å². The lowest BCUT2D eigenvalue weighted by Gasteiger charge is -2.19. The van der Waals surface area contributed by atoms with Crippen molar-refractivity contribution in [1.29, 1.82) is 0 Å². The first kappa shape index (κ1) is 24.1. The first-order chi connectivity index (χ1) is 15.5. The summed E-state index contributed by atoms with van der Waals surface area (Å²) in [6, 6.07) is 8.23. The molecule has 1 unspecified atom stereocenters. The minimum atomic E-state index is -0.607. The van der Waals surface area contributed by atoms with E-state index in [-0.39, 0.29) is 17.8 Å². The molecule has 0 fully saturated rings. The molecule has 33 heavy (non-hydrogen) atoms. The molecule has 2 N–H and O–H groups in total. The number of carbonyl (C=O) groups is 2. The summed E-state index contributed by atoms with van der Waals surface area (Å²) in [6.45, 7) is 8.90. The molecule has 0 spiro atoms. The van der Waals surface area contributed by atoms with Gasteiger partial charge in [0.25, 0.3) is 5.91 Å². The molecule has 0 aliphatic heterocycles. The van der Waals surface area contributed by atoms with Gasteiger partial charge in [0.1, 0.15) is 16.6 Å². The summed E-state index contributed by atoms with van der Waals surface area (Å²) in [7, 11) is 0. The molecule has 0 aliphatic rings. The molecule has 172 valence electrons. The number of rotatable bonds is 5. The number of hydrogen-bond acceptors (Lipinski definition) is 7. The van der Waals surface area contributed by atoms with Crippen molar-refractivity contribution in [2.45, 2.75) is 46.3 Å². The Balaban J connectivity index is 1.63. The van der Waals surface area contributed by atoms with E-state index >= 15 is 0 Å². The molecule has 2 amide bonds. The van der Waals surface area contributed by atoms with Gasteiger partial charge in [-0.25, -0.2) is 19.7 Å². The molecule has 2 heterocycles. The standard InChI is InChI=1S/C23H25ClN6O3/c1-13(17-10-19(24)29-14(2)28-17)27-21(31)16-8-6-15(7-9-16)18-11-26-20(12-25-18)30-22(32)33-23(3,4)5/h6-13H,1-5H3,(H,27,31)(H,26,30,32). The highest BCUT2D eigenvalue weighted by molar-refractivity contribution is 6.29. The molecule has 0 bridgehead atoms. The number of halogens is 1. The third kappa shape index (κ3) is 6.95. The van der Waals surface area contributed by atoms with Gasteiger partial charge in [0.05, 0.1) is 29.8 Å². The predicted octanol–water partition coefficient (Wildman–Crippen LogP) is 4.73. The number of nitrogens with zero attached hydrogens (tertiary/aromatic N) is 4. The third-order valence-corrected chi connectivity index (χ3v) is 4.54. The van der Waals surface area contributed by atoms with Gasteiger partial charge in [-0.15, -0.1) is 0 Å². The topological polar surface area (TPSA) is 119 Å². The van der Waals surface area contributed by atoms with Crippen molar-refractivity contribution in [2.24, 2.45) is 0 Å². The maximum absolute atomic E-state index is 12.6. The summed E-state index contributed by atoms with van der Waals surface area (Å²) in [4.78, 5) is 41.3. The van der Waals surface area contributed by atoms with Gasteiger partial charge in [-0.1, -0.05) is 23.7 Å². The average molecular weight is 469 g/mol. The van der Waals surface area contributed by atoms with E-state index in [4.69, 9.17) is 16.3 Å². The molecule has 1 aromatic carbocycles. The van der Waals surface area contributed by atoms with Crippen molar-refractivity contribution in [1.82, 2.24) is 25.3 Å². The van der Waals surface area contributed by atoms with Gasteiger partial charge in [0.2, 0.25) is 0 Å². The van der Waals surface area contributed by atoms with Crippen molar-refractivity contribution in [3.63, 3.8) is 0 Å². The van der Waals surface area contributed by atoms with Gasteiger partial charge in [-0.2, -0.15) is 0 Å². The number of aromatic nitrogens is 4. The van der Waals surface area contributed by atoms with E-state index in [1.54, 1.807) is 58.0 Å². The van der Waals surface area contributed by atoms with Gasteiger partial charge < -0.3 is 10.1 Å². The van der Waals surface area contributed by atoms with Crippen LogP contribution < -0.4 is 10.6 Å². The Morgan fingerprint density at radius 1 is 1.06 bits per heavy atom. The zero-order chi connectivity index (χ0) is 24.2. The summed E-state index contributed by atoms with van der Waals surface area (Å²) in [6.07, 6.45) is 2.37. The summed E-state index contributed by atoms with van der Waals surface area (Å²) in [5, 5.41) is 5.76. The van der Waals surface area contributed by atoms with Crippen LogP contribution in [0.25, 0.3) is 11.3 Å². The smallest absolute Gasteiger partial charge is 0.413 e. The molecule has 3 rings (SSSR count). The number of anilines is 1. The number of amides is 2. The number of carbonyl (C=O) groups excluding carboxylic acids is 2. The Morgan fingerprint density at radius 2 is 1.76 bits per heavy atom. The molecule has 0 radical (unpaired) electrons. The van der Waals surface area contributed by atoms with E-state index in [9.17, 15) is 9.59 Å². The highest BCUT2D eigenvalue weighted by Gasteiger charge is 2.17. The van der Waals surface area contributed by atoms with E-state index in [0.29, 0.717) is 27.9 Å². The SMILES string of the molecule is Cc1nc(Cl)cc(C(C)NC(=O)c2ccc(-c3cnc(NC(=O)OC(C)(C)C)cn3)cc2)n1. The first-order valence-electron chi connectivity index (χ1n) is 10.2. The van der Waals surface area contributed by atoms with Crippen molar-refractivity contribution in [2.75, 3.05) is 5.32 Å². The fraction of sp³-hybridized carbons (Fsp3) is 0.304. The van der Waals surface area contributed by atoms with E-state index in [2.05, 4.69) is 30.6 Å². The van der Waals surface area contributed by atoms with Crippen molar-refractivity contribution in [3.05, 3.63) is 65.0 Å². The highest BCUT2D eigenvalue weighted by Crippen LogP contribution is 2.19. The Bertz CT molecular complexity index is 1120. The fourth-order valence-corrected chi connectivity index (χ4v) is 3.11. The Hall–Kier alpha value is -3.59. The van der Waals surface area contributed by atoms with Gasteiger partial charge in [-0.05, 0) is 52.8 Å². The summed E-state index contributed by atoms with van der Waals surface area (Å²) < 4.78 is 5.19. The van der Waals surface area contributed by atoms with E-state index in [1.807, 2.05) is 6.92 Å². The monoisotopic (exact) mass is 468 g/mol. The lowest BCUT2D eigenvalue weighted by Crippen LogP contribution is -2.27. The third-order valence-electron chi connectivity index (χ3n) is 4.34. The van der Waals surface area contributed by atoms with Crippen LogP contribution >= 0.6 is 11.6 Å². The number of nitrogens with one attached hydrogen (secondary N) is 2. The molecule has 2 aromatic heterocycles. The van der Waals surface area contributed by atoms with Gasteiger partial charge in [0.15, 0.2) is 5.82 Å². The summed E-state index contributed by atoms with van der Waals surface area (Å²) in [5.41, 5.74) is 1.88. The van der Waals surface area contributed by atoms with Crippen molar-refractivity contribution >= 4 is 29.4 Å². The van der Waals surface area contributed by atoms with Crippen LogP contribution in [0.5, 0.6) is 0 Å². The van der Waals surface area contributed by atoms with Gasteiger partial charge in [0, 0.05) is 11.1 Å². The maximum atomic E-state index is 12.6. The predicted molar refractivity (Wildman–Crippen MR) is 125 cm³/mol. The lowest BCUT2D eigenvalue weighted by molar-refractivity contribution is 0.0635. The first-order valence-corrected chi connectivity index (χ1v) is 10.6. The Kier molecular flexibility index (Phi) is 7.23. The zero-order valence-corrected chi connectivity index (χ0v) is 19.8. The summed E-state index contributed by atoms with van der Waals surface area (Å²) in [5.74, 6) is 0.568. The minimum Gasteiger partial charge on any atom is -0.444 e. The molecule has 1 atom stereocenters. The number of hydrogen-bond donors (Lipinski definition) is 2. The van der Waals surface area contributed by atoms with E-state index < -0.39 is 11.7 Å². The zero-order valence-electron chi connectivity index (χ0n) is 19.0. The molecule has 9 nitrogen and oxygen atoms in total. The molecular formula is C23H25ClN6O3. The normalized spacial score (nSPS) is 12.1. The van der Waals surface area contributed by atoms with Gasteiger partial charge >= 0.3 is 6.09 Å². The van der Waals surface area contributed by atoms with Crippen LogP contribution in [0.1, 0.15) is 55.6 Å².